The smallest absolute Gasteiger partial charge is 0.265 e. The molecular weight excluding hydrogens is 506 g/mol. The zero-order chi connectivity index (χ0) is 27.2. The summed E-state index contributed by atoms with van der Waals surface area (Å²) in [6, 6.07) is 12.1. The molecule has 1 amide bonds. The Morgan fingerprint density at radius 2 is 1.51 bits per heavy atom. The van der Waals surface area contributed by atoms with Crippen molar-refractivity contribution in [1.82, 2.24) is 5.32 Å². The highest BCUT2D eigenvalue weighted by Gasteiger charge is 2.32. The molecule has 0 radical (unpaired) electrons. The van der Waals surface area contributed by atoms with Crippen molar-refractivity contribution in [3.63, 3.8) is 0 Å². The molecule has 37 heavy (non-hydrogen) atoms. The van der Waals surface area contributed by atoms with E-state index < -0.39 is 34.1 Å². The number of sulfonamides is 1. The van der Waals surface area contributed by atoms with Crippen LogP contribution in [-0.2, 0) is 21.2 Å². The summed E-state index contributed by atoms with van der Waals surface area (Å²) in [5.41, 5.74) is -0.0381. The lowest BCUT2D eigenvalue weighted by Gasteiger charge is -2.28. The Balaban J connectivity index is 2.25. The van der Waals surface area contributed by atoms with Crippen molar-refractivity contribution in [3.8, 4) is 17.2 Å². The number of rotatable bonds is 11. The van der Waals surface area contributed by atoms with Crippen molar-refractivity contribution in [1.29, 1.82) is 0 Å². The Morgan fingerprint density at radius 3 is 2.11 bits per heavy atom. The van der Waals surface area contributed by atoms with E-state index in [1.165, 1.54) is 57.7 Å². The molecule has 0 aliphatic heterocycles. The SMILES string of the molecule is CCNC(=O)CN(c1c(Cc2c(F)cccc2F)cccc1OC)S(=O)(=O)c1ccc(OC)c(OC)c1. The van der Waals surface area contributed by atoms with Gasteiger partial charge in [-0.05, 0) is 42.8 Å². The van der Waals surface area contributed by atoms with E-state index in [1.54, 1.807) is 13.0 Å². The van der Waals surface area contributed by atoms with E-state index in [-0.39, 0.29) is 46.2 Å². The number of nitrogens with one attached hydrogen (secondary N) is 1. The molecule has 0 aromatic heterocycles. The van der Waals surface area contributed by atoms with Crippen LogP contribution in [0.5, 0.6) is 17.2 Å². The van der Waals surface area contributed by atoms with Gasteiger partial charge >= 0.3 is 0 Å². The first-order valence-corrected chi connectivity index (χ1v) is 12.7. The molecule has 1 N–H and O–H groups in total. The minimum absolute atomic E-state index is 0.0197. The summed E-state index contributed by atoms with van der Waals surface area (Å²) < 4.78 is 73.8. The molecule has 0 saturated carbocycles. The van der Waals surface area contributed by atoms with Crippen molar-refractivity contribution >= 4 is 21.6 Å². The van der Waals surface area contributed by atoms with Crippen LogP contribution < -0.4 is 23.8 Å². The average Bonchev–Trinajstić information content (AvgIpc) is 2.89. The van der Waals surface area contributed by atoms with E-state index in [2.05, 4.69) is 5.32 Å². The molecule has 0 aliphatic carbocycles. The van der Waals surface area contributed by atoms with Crippen LogP contribution in [0.3, 0.4) is 0 Å². The van der Waals surface area contributed by atoms with Gasteiger partial charge in [0, 0.05) is 24.6 Å². The fourth-order valence-electron chi connectivity index (χ4n) is 3.82. The molecular formula is C26H28F2N2O6S. The van der Waals surface area contributed by atoms with Gasteiger partial charge in [0.1, 0.15) is 23.9 Å². The second-order valence-electron chi connectivity index (χ2n) is 7.83. The number of amides is 1. The van der Waals surface area contributed by atoms with Crippen LogP contribution in [0.2, 0.25) is 0 Å². The summed E-state index contributed by atoms with van der Waals surface area (Å²) >= 11 is 0. The second kappa shape index (κ2) is 11.9. The molecule has 3 rings (SSSR count). The second-order valence-corrected chi connectivity index (χ2v) is 9.69. The van der Waals surface area contributed by atoms with Gasteiger partial charge in [0.15, 0.2) is 11.5 Å². The van der Waals surface area contributed by atoms with Crippen molar-refractivity contribution in [3.05, 3.63) is 77.4 Å². The zero-order valence-electron chi connectivity index (χ0n) is 20.9. The van der Waals surface area contributed by atoms with E-state index >= 15 is 0 Å². The number of hydrogen-bond donors (Lipinski definition) is 1. The average molecular weight is 535 g/mol. The number of carbonyl (C=O) groups is 1. The molecule has 198 valence electrons. The maximum atomic E-state index is 14.5. The van der Waals surface area contributed by atoms with Crippen molar-refractivity contribution in [2.24, 2.45) is 0 Å². The van der Waals surface area contributed by atoms with Crippen LogP contribution in [0.1, 0.15) is 18.1 Å². The van der Waals surface area contributed by atoms with Gasteiger partial charge in [-0.25, -0.2) is 17.2 Å². The number of hydrogen-bond acceptors (Lipinski definition) is 6. The molecule has 8 nitrogen and oxygen atoms in total. The number of anilines is 1. The lowest BCUT2D eigenvalue weighted by molar-refractivity contribution is -0.119. The lowest BCUT2D eigenvalue weighted by Crippen LogP contribution is -2.41. The molecule has 3 aromatic rings. The molecule has 0 saturated heterocycles. The monoisotopic (exact) mass is 534 g/mol. The lowest BCUT2D eigenvalue weighted by atomic mass is 10.0. The first kappa shape index (κ1) is 27.7. The molecule has 0 bridgehead atoms. The third-order valence-corrected chi connectivity index (χ3v) is 7.33. The highest BCUT2D eigenvalue weighted by molar-refractivity contribution is 7.92. The summed E-state index contributed by atoms with van der Waals surface area (Å²) in [7, 11) is -0.314. The predicted octanol–water partition coefficient (Wildman–Crippen LogP) is 3.91. The number of likely N-dealkylation sites (N-methyl/N-ethyl adjacent to an activating group) is 1. The number of methoxy groups -OCH3 is 3. The highest BCUT2D eigenvalue weighted by Crippen LogP contribution is 2.39. The van der Waals surface area contributed by atoms with E-state index in [4.69, 9.17) is 14.2 Å². The van der Waals surface area contributed by atoms with Gasteiger partial charge in [-0.1, -0.05) is 18.2 Å². The number of carbonyl (C=O) groups excluding carboxylic acids is 1. The standard InChI is InChI=1S/C26H28F2N2O6S/c1-5-29-25(31)16-30(37(32,33)18-12-13-22(34-2)24(15-18)36-4)26-17(8-6-11-23(26)35-3)14-19-20(27)9-7-10-21(19)28/h6-13,15H,5,14,16H2,1-4H3,(H,29,31). The molecule has 0 fully saturated rings. The largest absolute Gasteiger partial charge is 0.495 e. The van der Waals surface area contributed by atoms with E-state index in [1.807, 2.05) is 0 Å². The normalized spacial score (nSPS) is 11.1. The molecule has 0 unspecified atom stereocenters. The van der Waals surface area contributed by atoms with Gasteiger partial charge in [0.25, 0.3) is 10.0 Å². The van der Waals surface area contributed by atoms with Crippen LogP contribution in [0, 0.1) is 11.6 Å². The minimum Gasteiger partial charge on any atom is -0.495 e. The van der Waals surface area contributed by atoms with Crippen LogP contribution in [0.15, 0.2) is 59.5 Å². The Morgan fingerprint density at radius 1 is 0.892 bits per heavy atom. The maximum absolute atomic E-state index is 14.5. The van der Waals surface area contributed by atoms with Crippen molar-refractivity contribution in [2.75, 3.05) is 38.7 Å². The molecule has 0 spiro atoms. The van der Waals surface area contributed by atoms with Crippen LogP contribution in [0.25, 0.3) is 0 Å². The number of para-hydroxylation sites is 1. The Hall–Kier alpha value is -3.86. The quantitative estimate of drug-likeness (QED) is 0.401. The first-order chi connectivity index (χ1) is 17.7. The molecule has 0 heterocycles. The Kier molecular flexibility index (Phi) is 8.93. The van der Waals surface area contributed by atoms with Gasteiger partial charge in [0.2, 0.25) is 5.91 Å². The van der Waals surface area contributed by atoms with E-state index in [0.29, 0.717) is 5.75 Å². The predicted molar refractivity (Wildman–Crippen MR) is 135 cm³/mol. The fourth-order valence-corrected chi connectivity index (χ4v) is 5.31. The zero-order valence-corrected chi connectivity index (χ0v) is 21.7. The van der Waals surface area contributed by atoms with Gasteiger partial charge in [0.05, 0.1) is 31.9 Å². The van der Waals surface area contributed by atoms with Gasteiger partial charge < -0.3 is 19.5 Å². The topological polar surface area (TPSA) is 94.2 Å². The number of halogens is 2. The third kappa shape index (κ3) is 5.93. The van der Waals surface area contributed by atoms with Crippen molar-refractivity contribution < 1.29 is 36.2 Å². The highest BCUT2D eigenvalue weighted by atomic mass is 32.2. The van der Waals surface area contributed by atoms with Crippen LogP contribution >= 0.6 is 0 Å². The summed E-state index contributed by atoms with van der Waals surface area (Å²) in [4.78, 5) is 12.5. The van der Waals surface area contributed by atoms with E-state index in [9.17, 15) is 22.0 Å². The number of benzene rings is 3. The van der Waals surface area contributed by atoms with Crippen LogP contribution in [-0.4, -0.2) is 48.7 Å². The minimum atomic E-state index is -4.42. The van der Waals surface area contributed by atoms with Crippen molar-refractivity contribution in [2.45, 2.75) is 18.2 Å². The summed E-state index contributed by atoms with van der Waals surface area (Å²) in [5, 5.41) is 2.58. The molecule has 3 aromatic carbocycles. The molecule has 11 heteroatoms. The molecule has 0 atom stereocenters. The summed E-state index contributed by atoms with van der Waals surface area (Å²) in [6.07, 6.45) is -0.293. The van der Waals surface area contributed by atoms with Crippen LogP contribution in [0.4, 0.5) is 14.5 Å². The van der Waals surface area contributed by atoms with Gasteiger partial charge in [-0.2, -0.15) is 0 Å². The third-order valence-electron chi connectivity index (χ3n) is 5.58. The van der Waals surface area contributed by atoms with Gasteiger partial charge in [-0.15, -0.1) is 0 Å². The molecule has 0 aliphatic rings. The van der Waals surface area contributed by atoms with Gasteiger partial charge in [-0.3, -0.25) is 9.10 Å². The maximum Gasteiger partial charge on any atom is 0.265 e. The number of nitrogens with zero attached hydrogens (tertiary/aromatic N) is 1. The first-order valence-electron chi connectivity index (χ1n) is 11.3. The van der Waals surface area contributed by atoms with E-state index in [0.717, 1.165) is 16.4 Å². The Bertz CT molecular complexity index is 1360. The fraction of sp³-hybridized carbons (Fsp3) is 0.269. The summed E-state index contributed by atoms with van der Waals surface area (Å²) in [6.45, 7) is 1.35. The number of ether oxygens (including phenoxy) is 3. The Labute approximate surface area is 214 Å². The summed E-state index contributed by atoms with van der Waals surface area (Å²) in [5.74, 6) is -1.58.